The highest BCUT2D eigenvalue weighted by atomic mass is 15.0. The molecule has 0 amide bonds. The third-order valence-electron chi connectivity index (χ3n) is 10.9. The number of rotatable bonds is 6. The van der Waals surface area contributed by atoms with Gasteiger partial charge in [-0.3, -0.25) is 15.0 Å². The fourth-order valence-electron chi connectivity index (χ4n) is 8.43. The van der Waals surface area contributed by atoms with Gasteiger partial charge in [0.25, 0.3) is 0 Å². The molecule has 0 radical (unpaired) electrons. The van der Waals surface area contributed by atoms with Crippen LogP contribution in [0.3, 0.4) is 0 Å². The lowest BCUT2D eigenvalue weighted by molar-refractivity contribution is 0.996. The average Bonchev–Trinajstić information content (AvgIpc) is 3.79. The van der Waals surface area contributed by atoms with Crippen LogP contribution < -0.4 is 5.32 Å². The quantitative estimate of drug-likeness (QED) is 0.186. The Morgan fingerprint density at radius 2 is 1.02 bits per heavy atom. The van der Waals surface area contributed by atoms with Gasteiger partial charge in [-0.1, -0.05) is 84.9 Å². The molecule has 0 saturated heterocycles. The Kier molecular flexibility index (Phi) is 7.45. The van der Waals surface area contributed by atoms with Gasteiger partial charge in [-0.15, -0.1) is 0 Å². The summed E-state index contributed by atoms with van der Waals surface area (Å²) >= 11 is 0. The zero-order valence-electron chi connectivity index (χ0n) is 30.3. The minimum Gasteiger partial charge on any atom is -0.381 e. The fourth-order valence-corrected chi connectivity index (χ4v) is 8.43. The van der Waals surface area contributed by atoms with Crippen LogP contribution in [0.5, 0.6) is 0 Å². The third kappa shape index (κ3) is 5.15. The van der Waals surface area contributed by atoms with E-state index in [4.69, 9.17) is 9.97 Å². The van der Waals surface area contributed by atoms with E-state index in [1.165, 1.54) is 11.1 Å². The van der Waals surface area contributed by atoms with Crippen molar-refractivity contribution < 1.29 is 0 Å². The van der Waals surface area contributed by atoms with Gasteiger partial charge < -0.3 is 14.5 Å². The van der Waals surface area contributed by atoms with Crippen molar-refractivity contribution in [2.24, 2.45) is 0 Å². The lowest BCUT2D eigenvalue weighted by Crippen LogP contribution is -2.14. The van der Waals surface area contributed by atoms with Crippen LogP contribution in [0.4, 0.5) is 0 Å². The highest BCUT2D eigenvalue weighted by molar-refractivity contribution is 6.10. The zero-order valence-corrected chi connectivity index (χ0v) is 30.3. The molecule has 5 aromatic carbocycles. The summed E-state index contributed by atoms with van der Waals surface area (Å²) in [5.41, 5.74) is 17.4. The van der Waals surface area contributed by atoms with E-state index in [1.54, 1.807) is 0 Å². The molecule has 11 rings (SSSR count). The van der Waals surface area contributed by atoms with E-state index in [0.29, 0.717) is 0 Å². The SMILES string of the molecule is C1=CCNC(c2ccccc2-c2ccc3c(c2)c2ncccc2n3-c2cccc(-n3c4ccc(-c5ccccc5-c5ccccn5)cc4c4ncccc43)c2)=C1. The van der Waals surface area contributed by atoms with Gasteiger partial charge in [0, 0.05) is 64.1 Å². The molecular weight excluding hydrogens is 685 g/mol. The molecule has 1 N–H and O–H groups in total. The van der Waals surface area contributed by atoms with E-state index in [9.17, 15) is 0 Å². The molecule has 6 heterocycles. The van der Waals surface area contributed by atoms with E-state index >= 15 is 0 Å². The van der Waals surface area contributed by atoms with Crippen molar-refractivity contribution >= 4 is 49.6 Å². The number of fused-ring (bicyclic) bond motifs is 6. The Balaban J connectivity index is 1.06. The molecule has 0 bridgehead atoms. The van der Waals surface area contributed by atoms with E-state index in [1.807, 2.05) is 42.9 Å². The number of dihydropyridines is 1. The third-order valence-corrected chi connectivity index (χ3v) is 10.9. The van der Waals surface area contributed by atoms with E-state index in [2.05, 4.69) is 165 Å². The minimum absolute atomic E-state index is 0.822. The van der Waals surface area contributed by atoms with E-state index in [0.717, 1.165) is 95.4 Å². The summed E-state index contributed by atoms with van der Waals surface area (Å²) in [6, 6.07) is 53.8. The van der Waals surface area contributed by atoms with Crippen molar-refractivity contribution in [3.8, 4) is 44.9 Å². The Morgan fingerprint density at radius 1 is 0.446 bits per heavy atom. The highest BCUT2D eigenvalue weighted by Crippen LogP contribution is 2.39. The summed E-state index contributed by atoms with van der Waals surface area (Å²) in [5.74, 6) is 0. The monoisotopic (exact) mass is 718 g/mol. The zero-order chi connectivity index (χ0) is 37.0. The first-order valence-corrected chi connectivity index (χ1v) is 18.9. The molecule has 264 valence electrons. The van der Waals surface area contributed by atoms with Crippen molar-refractivity contribution in [3.05, 3.63) is 194 Å². The highest BCUT2D eigenvalue weighted by Gasteiger charge is 2.19. The largest absolute Gasteiger partial charge is 0.381 e. The molecule has 5 aromatic heterocycles. The number of aromatic nitrogens is 5. The maximum Gasteiger partial charge on any atom is 0.0963 e. The molecule has 0 spiro atoms. The molecule has 1 aliphatic rings. The second-order valence-corrected chi connectivity index (χ2v) is 14.1. The molecule has 56 heavy (non-hydrogen) atoms. The van der Waals surface area contributed by atoms with Crippen LogP contribution in [0.25, 0.3) is 94.5 Å². The van der Waals surface area contributed by atoms with Gasteiger partial charge in [-0.05, 0) is 107 Å². The number of nitrogens with zero attached hydrogens (tertiary/aromatic N) is 5. The number of hydrogen-bond donors (Lipinski definition) is 1. The number of hydrogen-bond acceptors (Lipinski definition) is 4. The van der Waals surface area contributed by atoms with Gasteiger partial charge in [0.15, 0.2) is 0 Å². The molecule has 0 unspecified atom stereocenters. The Morgan fingerprint density at radius 3 is 1.61 bits per heavy atom. The average molecular weight is 719 g/mol. The molecule has 10 aromatic rings. The van der Waals surface area contributed by atoms with Crippen LogP contribution in [0, 0.1) is 0 Å². The maximum absolute atomic E-state index is 4.94. The smallest absolute Gasteiger partial charge is 0.0963 e. The van der Waals surface area contributed by atoms with Crippen molar-refractivity contribution in [2.45, 2.75) is 0 Å². The predicted octanol–water partition coefficient (Wildman–Crippen LogP) is 11.6. The summed E-state index contributed by atoms with van der Waals surface area (Å²) in [4.78, 5) is 14.5. The summed E-state index contributed by atoms with van der Waals surface area (Å²) in [7, 11) is 0. The fraction of sp³-hybridized carbons (Fsp3) is 0.0200. The normalized spacial score (nSPS) is 12.8. The molecule has 0 atom stereocenters. The summed E-state index contributed by atoms with van der Waals surface area (Å²) < 4.78 is 4.67. The predicted molar refractivity (Wildman–Crippen MR) is 230 cm³/mol. The standard InChI is InChI=1S/C50H34N6/c1-3-16-39(43-18-5-7-26-51-43)37(14-1)33-22-24-45-41(30-33)49-47(20-10-28-53-49)55(45)35-12-9-13-36(32-35)56-46-25-23-34(31-42(46)50-48(56)21-11-29-54-50)38-15-2-4-17-40(38)44-19-6-8-27-52-44/h1-26,28-32,52H,27H2. The van der Waals surface area contributed by atoms with Crippen LogP contribution in [-0.2, 0) is 0 Å². The van der Waals surface area contributed by atoms with E-state index < -0.39 is 0 Å². The van der Waals surface area contributed by atoms with Gasteiger partial charge >= 0.3 is 0 Å². The minimum atomic E-state index is 0.822. The Labute approximate surface area is 323 Å². The molecule has 0 saturated carbocycles. The molecule has 1 aliphatic heterocycles. The van der Waals surface area contributed by atoms with Crippen LogP contribution in [0.1, 0.15) is 5.56 Å². The summed E-state index contributed by atoms with van der Waals surface area (Å²) in [5, 5.41) is 5.76. The first-order chi connectivity index (χ1) is 27.8. The second kappa shape index (κ2) is 13.1. The first-order valence-electron chi connectivity index (χ1n) is 18.9. The van der Waals surface area contributed by atoms with Crippen LogP contribution >= 0.6 is 0 Å². The molecule has 6 nitrogen and oxygen atoms in total. The van der Waals surface area contributed by atoms with Crippen molar-refractivity contribution in [3.63, 3.8) is 0 Å². The van der Waals surface area contributed by atoms with Crippen molar-refractivity contribution in [2.75, 3.05) is 6.54 Å². The Bertz CT molecular complexity index is 3200. The topological polar surface area (TPSA) is 60.6 Å². The van der Waals surface area contributed by atoms with Crippen LogP contribution in [0.15, 0.2) is 188 Å². The van der Waals surface area contributed by atoms with Crippen molar-refractivity contribution in [1.82, 2.24) is 29.4 Å². The number of allylic oxidation sites excluding steroid dienone is 2. The number of nitrogens with one attached hydrogen (secondary N) is 1. The van der Waals surface area contributed by atoms with Gasteiger partial charge in [0.1, 0.15) is 0 Å². The lowest BCUT2D eigenvalue weighted by atomic mass is 9.96. The number of benzene rings is 5. The molecular formula is C50H34N6. The number of pyridine rings is 3. The summed E-state index contributed by atoms with van der Waals surface area (Å²) in [6.45, 7) is 0.822. The summed E-state index contributed by atoms with van der Waals surface area (Å²) in [6.07, 6.45) is 12.0. The van der Waals surface area contributed by atoms with Crippen molar-refractivity contribution in [1.29, 1.82) is 0 Å². The lowest BCUT2D eigenvalue weighted by Gasteiger charge is -2.16. The molecule has 0 aliphatic carbocycles. The maximum atomic E-state index is 4.94. The molecule has 0 fully saturated rings. The molecule has 6 heteroatoms. The second-order valence-electron chi connectivity index (χ2n) is 14.1. The van der Waals surface area contributed by atoms with Gasteiger partial charge in [0.2, 0.25) is 0 Å². The van der Waals surface area contributed by atoms with Crippen LogP contribution in [-0.4, -0.2) is 30.6 Å². The van der Waals surface area contributed by atoms with Crippen LogP contribution in [0.2, 0.25) is 0 Å². The Hall–Kier alpha value is -7.57. The first kappa shape index (κ1) is 31.9. The van der Waals surface area contributed by atoms with E-state index in [-0.39, 0.29) is 0 Å². The van der Waals surface area contributed by atoms with Gasteiger partial charge in [-0.25, -0.2) is 0 Å². The van der Waals surface area contributed by atoms with Gasteiger partial charge in [0.05, 0.1) is 38.8 Å². The van der Waals surface area contributed by atoms with Gasteiger partial charge in [-0.2, -0.15) is 0 Å².